The highest BCUT2D eigenvalue weighted by atomic mass is 35.5. The molecule has 0 spiro atoms. The molecule has 2 aromatic rings. The second-order valence-electron chi connectivity index (χ2n) is 4.33. The van der Waals surface area contributed by atoms with Crippen LogP contribution in [0.5, 0.6) is 11.5 Å². The minimum Gasteiger partial charge on any atom is -0.488 e. The monoisotopic (exact) mass is 292 g/mol. The molecule has 2 aromatic carbocycles. The third-order valence-corrected chi connectivity index (χ3v) is 2.96. The second-order valence-corrected chi connectivity index (χ2v) is 4.48. The predicted molar refractivity (Wildman–Crippen MR) is 79.5 cm³/mol. The number of nitrogens with two attached hydrogens (primary N) is 1. The molecule has 0 aromatic heterocycles. The number of benzene rings is 2. The molecule has 0 fully saturated rings. The molecule has 0 radical (unpaired) electrons. The van der Waals surface area contributed by atoms with Gasteiger partial charge in [0.1, 0.15) is 18.5 Å². The fourth-order valence-electron chi connectivity index (χ4n) is 1.80. The van der Waals surface area contributed by atoms with Crippen LogP contribution >= 0.6 is 11.9 Å². The number of nitrogens with zero attached hydrogens (tertiary/aromatic N) is 1. The predicted octanol–water partition coefficient (Wildman–Crippen LogP) is 2.97. The Bertz CT molecular complexity index is 522. The van der Waals surface area contributed by atoms with Gasteiger partial charge in [-0.1, -0.05) is 42.5 Å². The molecule has 0 bridgehead atoms. The van der Waals surface area contributed by atoms with Crippen molar-refractivity contribution >= 4 is 11.9 Å². The number of hydrazine groups is 1. The van der Waals surface area contributed by atoms with Crippen LogP contribution < -0.4 is 14.9 Å². The van der Waals surface area contributed by atoms with Gasteiger partial charge < -0.3 is 9.03 Å². The van der Waals surface area contributed by atoms with Crippen molar-refractivity contribution in [2.24, 2.45) is 5.84 Å². The Morgan fingerprint density at radius 1 is 0.950 bits per heavy atom. The lowest BCUT2D eigenvalue weighted by Gasteiger charge is -2.17. The first-order valence-corrected chi connectivity index (χ1v) is 6.64. The minimum absolute atomic E-state index is 0.459. The van der Waals surface area contributed by atoms with Crippen molar-refractivity contribution < 1.29 is 9.03 Å². The van der Waals surface area contributed by atoms with E-state index >= 15 is 0 Å². The molecular formula is C15H17ClN2O2. The zero-order chi connectivity index (χ0) is 14.2. The van der Waals surface area contributed by atoms with E-state index < -0.39 is 0 Å². The first kappa shape index (κ1) is 14.7. The maximum Gasteiger partial charge on any atom is 0.188 e. The van der Waals surface area contributed by atoms with Gasteiger partial charge in [0.25, 0.3) is 0 Å². The standard InChI is InChI=1S/C15H17ClN2O2/c16-20-15-9-5-4-8-14(15)19-11-10-18(17)12-13-6-2-1-3-7-13/h1-9H,10-12,17H2. The summed E-state index contributed by atoms with van der Waals surface area (Å²) >= 11 is 5.37. The third-order valence-electron chi connectivity index (χ3n) is 2.80. The third kappa shape index (κ3) is 4.42. The molecule has 0 aliphatic heterocycles. The molecule has 0 amide bonds. The van der Waals surface area contributed by atoms with Crippen LogP contribution in [0.3, 0.4) is 0 Å². The van der Waals surface area contributed by atoms with Crippen molar-refractivity contribution in [1.82, 2.24) is 5.01 Å². The van der Waals surface area contributed by atoms with Crippen molar-refractivity contribution in [2.75, 3.05) is 13.2 Å². The van der Waals surface area contributed by atoms with E-state index in [4.69, 9.17) is 26.7 Å². The molecule has 2 rings (SSSR count). The summed E-state index contributed by atoms with van der Waals surface area (Å²) in [5.41, 5.74) is 1.17. The van der Waals surface area contributed by atoms with Gasteiger partial charge in [-0.05, 0) is 17.7 Å². The summed E-state index contributed by atoms with van der Waals surface area (Å²) in [5, 5.41) is 1.71. The zero-order valence-corrected chi connectivity index (χ0v) is 11.8. The second kappa shape index (κ2) is 7.75. The molecule has 0 heterocycles. The van der Waals surface area contributed by atoms with E-state index in [-0.39, 0.29) is 0 Å². The lowest BCUT2D eigenvalue weighted by atomic mass is 10.2. The number of rotatable bonds is 7. The number of hydrogen-bond donors (Lipinski definition) is 1. The van der Waals surface area contributed by atoms with Crippen LogP contribution in [0.4, 0.5) is 0 Å². The van der Waals surface area contributed by atoms with Gasteiger partial charge in [0.15, 0.2) is 11.5 Å². The fraction of sp³-hybridized carbons (Fsp3) is 0.200. The van der Waals surface area contributed by atoms with E-state index in [0.717, 1.165) is 0 Å². The first-order chi connectivity index (χ1) is 9.79. The molecule has 0 aliphatic carbocycles. The number of para-hydroxylation sites is 2. The van der Waals surface area contributed by atoms with Gasteiger partial charge in [-0.2, -0.15) is 0 Å². The topological polar surface area (TPSA) is 47.7 Å². The summed E-state index contributed by atoms with van der Waals surface area (Å²) in [5.74, 6) is 7.04. The van der Waals surface area contributed by atoms with Crippen molar-refractivity contribution in [3.05, 3.63) is 60.2 Å². The Labute approximate surface area is 123 Å². The van der Waals surface area contributed by atoms with Gasteiger partial charge in [0, 0.05) is 13.1 Å². The Morgan fingerprint density at radius 2 is 1.60 bits per heavy atom. The molecule has 0 saturated heterocycles. The summed E-state index contributed by atoms with van der Waals surface area (Å²) in [7, 11) is 0. The minimum atomic E-state index is 0.459. The van der Waals surface area contributed by atoms with Crippen LogP contribution in [-0.4, -0.2) is 18.2 Å². The number of halogens is 1. The molecule has 0 aliphatic rings. The van der Waals surface area contributed by atoms with E-state index in [1.165, 1.54) is 5.56 Å². The van der Waals surface area contributed by atoms with Gasteiger partial charge in [-0.25, -0.2) is 5.01 Å². The molecule has 0 atom stereocenters. The zero-order valence-electron chi connectivity index (χ0n) is 11.0. The van der Waals surface area contributed by atoms with Crippen LogP contribution in [0, 0.1) is 0 Å². The average Bonchev–Trinajstić information content (AvgIpc) is 2.49. The van der Waals surface area contributed by atoms with E-state index in [0.29, 0.717) is 31.2 Å². The largest absolute Gasteiger partial charge is 0.488 e. The highest BCUT2D eigenvalue weighted by Gasteiger charge is 2.05. The molecular weight excluding hydrogens is 276 g/mol. The van der Waals surface area contributed by atoms with Crippen molar-refractivity contribution in [3.8, 4) is 11.5 Å². The van der Waals surface area contributed by atoms with Crippen molar-refractivity contribution in [2.45, 2.75) is 6.54 Å². The highest BCUT2D eigenvalue weighted by Crippen LogP contribution is 2.26. The van der Waals surface area contributed by atoms with Gasteiger partial charge in [0.05, 0.1) is 0 Å². The van der Waals surface area contributed by atoms with Crippen LogP contribution in [0.1, 0.15) is 5.56 Å². The Kier molecular flexibility index (Phi) is 5.68. The summed E-state index contributed by atoms with van der Waals surface area (Å²) in [6, 6.07) is 17.3. The summed E-state index contributed by atoms with van der Waals surface area (Å²) < 4.78 is 10.3. The maximum absolute atomic E-state index is 5.94. The van der Waals surface area contributed by atoms with Crippen molar-refractivity contribution in [1.29, 1.82) is 0 Å². The van der Waals surface area contributed by atoms with E-state index in [1.54, 1.807) is 17.1 Å². The average molecular weight is 293 g/mol. The molecule has 20 heavy (non-hydrogen) atoms. The molecule has 106 valence electrons. The SMILES string of the molecule is NN(CCOc1ccccc1OCl)Cc1ccccc1. The first-order valence-electron chi connectivity index (χ1n) is 6.33. The Balaban J connectivity index is 1.78. The Morgan fingerprint density at radius 3 is 2.30 bits per heavy atom. The van der Waals surface area contributed by atoms with Gasteiger partial charge in [0.2, 0.25) is 0 Å². The van der Waals surface area contributed by atoms with Crippen LogP contribution in [0.15, 0.2) is 54.6 Å². The summed E-state index contributed by atoms with van der Waals surface area (Å²) in [6.07, 6.45) is 0. The fourth-order valence-corrected chi connectivity index (χ4v) is 1.93. The smallest absolute Gasteiger partial charge is 0.188 e. The number of hydrogen-bond acceptors (Lipinski definition) is 4. The maximum atomic E-state index is 5.94. The van der Waals surface area contributed by atoms with Crippen LogP contribution in [-0.2, 0) is 6.54 Å². The van der Waals surface area contributed by atoms with Gasteiger partial charge in [-0.15, -0.1) is 0 Å². The molecule has 4 nitrogen and oxygen atoms in total. The molecule has 5 heteroatoms. The van der Waals surface area contributed by atoms with Crippen molar-refractivity contribution in [3.63, 3.8) is 0 Å². The lowest BCUT2D eigenvalue weighted by Crippen LogP contribution is -2.34. The Hall–Kier alpha value is -1.75. The van der Waals surface area contributed by atoms with Crippen LogP contribution in [0.2, 0.25) is 0 Å². The van der Waals surface area contributed by atoms with Gasteiger partial charge in [-0.3, -0.25) is 5.84 Å². The quantitative estimate of drug-likeness (QED) is 0.629. The van der Waals surface area contributed by atoms with E-state index in [9.17, 15) is 0 Å². The van der Waals surface area contributed by atoms with Gasteiger partial charge >= 0.3 is 0 Å². The van der Waals surface area contributed by atoms with E-state index in [1.807, 2.05) is 42.5 Å². The number of ether oxygens (including phenoxy) is 1. The van der Waals surface area contributed by atoms with E-state index in [2.05, 4.69) is 0 Å². The van der Waals surface area contributed by atoms with Crippen LogP contribution in [0.25, 0.3) is 0 Å². The molecule has 0 unspecified atom stereocenters. The summed E-state index contributed by atoms with van der Waals surface area (Å²) in [6.45, 7) is 1.74. The summed E-state index contributed by atoms with van der Waals surface area (Å²) in [4.78, 5) is 0. The molecule has 2 N–H and O–H groups in total. The normalized spacial score (nSPS) is 10.6. The lowest BCUT2D eigenvalue weighted by molar-refractivity contribution is 0.204. The molecule has 0 saturated carbocycles. The highest BCUT2D eigenvalue weighted by molar-refractivity contribution is 6.09.